The van der Waals surface area contributed by atoms with Crippen molar-refractivity contribution in [1.29, 1.82) is 5.26 Å². The van der Waals surface area contributed by atoms with Crippen LogP contribution in [0.5, 0.6) is 0 Å². The number of nitrogens with zero attached hydrogens (tertiary/aromatic N) is 7. The van der Waals surface area contributed by atoms with Crippen LogP contribution in [-0.2, 0) is 70.1 Å². The van der Waals surface area contributed by atoms with Gasteiger partial charge in [0.1, 0.15) is 33.8 Å². The highest BCUT2D eigenvalue weighted by Gasteiger charge is 2.29. The van der Waals surface area contributed by atoms with Gasteiger partial charge in [-0.3, -0.25) is 57.0 Å². The molecule has 0 aromatic carbocycles. The Bertz CT molecular complexity index is 3160. The monoisotopic (exact) mass is 1730 g/mol. The minimum absolute atomic E-state index is 0. The van der Waals surface area contributed by atoms with Crippen molar-refractivity contribution < 1.29 is 83.7 Å². The molecule has 1 amide bonds. The topological polar surface area (TPSA) is 477 Å². The number of aliphatic carboxylic acids is 1. The van der Waals surface area contributed by atoms with E-state index in [9.17, 15) is 47.5 Å². The van der Waals surface area contributed by atoms with Crippen molar-refractivity contribution in [2.75, 3.05) is 12.1 Å². The first-order chi connectivity index (χ1) is 49.9. The van der Waals surface area contributed by atoms with Gasteiger partial charge in [0, 0.05) is 78.0 Å². The lowest BCUT2D eigenvalue weighted by atomic mass is 9.89. The fourth-order valence-corrected chi connectivity index (χ4v) is 8.93. The van der Waals surface area contributed by atoms with Crippen LogP contribution >= 0.6 is 57.4 Å². The molecule has 634 valence electrons. The fourth-order valence-electron chi connectivity index (χ4n) is 8.32. The Kier molecular flexibility index (Phi) is 60.3. The van der Waals surface area contributed by atoms with E-state index in [0.717, 1.165) is 0 Å². The number of amidine groups is 1. The number of rotatable bonds is 27. The van der Waals surface area contributed by atoms with Gasteiger partial charge in [-0.15, -0.1) is 0 Å². The highest BCUT2D eigenvalue weighted by molar-refractivity contribution is 14.1. The number of esters is 5. The molecule has 30 nitrogen and oxygen atoms in total. The second-order valence-electron chi connectivity index (χ2n) is 31.9. The number of oxime groups is 1. The van der Waals surface area contributed by atoms with E-state index in [-0.39, 0.29) is 156 Å². The normalized spacial score (nSPS) is 13.2. The summed E-state index contributed by atoms with van der Waals surface area (Å²) in [5, 5.41) is 36.0. The minimum atomic E-state index is -1.00. The predicted octanol–water partition coefficient (Wildman–Crippen LogP) is 15.3. The lowest BCUT2D eigenvalue weighted by Gasteiger charge is -2.23. The third-order valence-electron chi connectivity index (χ3n) is 14.1. The molecule has 0 aliphatic heterocycles. The molecule has 0 fully saturated rings. The van der Waals surface area contributed by atoms with Crippen LogP contribution in [-0.4, -0.2) is 139 Å². The second kappa shape index (κ2) is 59.2. The zero-order valence-electron chi connectivity index (χ0n) is 70.8. The van der Waals surface area contributed by atoms with Crippen LogP contribution in [0.25, 0.3) is 0 Å². The van der Waals surface area contributed by atoms with Crippen molar-refractivity contribution >= 4 is 105 Å². The summed E-state index contributed by atoms with van der Waals surface area (Å²) >= 11 is 17.9. The van der Waals surface area contributed by atoms with Crippen LogP contribution < -0.4 is 28.7 Å². The number of carboxylic acids is 1. The molecule has 0 spiro atoms. The fraction of sp³-hybridized carbons (Fsp3) is 0.784. The Morgan fingerprint density at radius 1 is 0.523 bits per heavy atom. The summed E-state index contributed by atoms with van der Waals surface area (Å²) in [5.41, 5.74) is 14.0. The average molecular weight is 1740 g/mol. The van der Waals surface area contributed by atoms with Crippen molar-refractivity contribution in [2.45, 2.75) is 299 Å². The number of H-pyrrole nitrogens is 2. The van der Waals surface area contributed by atoms with Crippen molar-refractivity contribution in [2.24, 2.45) is 87.5 Å². The third kappa shape index (κ3) is 72.7. The lowest BCUT2D eigenvalue weighted by molar-refractivity contribution is -0.158. The van der Waals surface area contributed by atoms with Gasteiger partial charge in [-0.05, 0) is 209 Å². The molecule has 6 atom stereocenters. The van der Waals surface area contributed by atoms with E-state index in [1.54, 1.807) is 20.8 Å². The van der Waals surface area contributed by atoms with E-state index in [1.165, 1.54) is 0 Å². The maximum Gasteiger partial charge on any atom is 0.438 e. The molecule has 10 N–H and O–H groups in total. The van der Waals surface area contributed by atoms with E-state index >= 15 is 0 Å². The van der Waals surface area contributed by atoms with E-state index in [2.05, 4.69) is 55.5 Å². The Labute approximate surface area is 678 Å². The summed E-state index contributed by atoms with van der Waals surface area (Å²) < 4.78 is 56.6. The largest absolute Gasteiger partial charge is 0.481 e. The number of hydrogen-bond acceptors (Lipinski definition) is 25. The number of nitrogens with one attached hydrogen (secondary N) is 2. The first-order valence-electron chi connectivity index (χ1n) is 36.5. The summed E-state index contributed by atoms with van der Waals surface area (Å²) in [4.78, 5) is 117. The molecule has 0 saturated heterocycles. The number of carbonyl (C=O) groups excluding carboxylic acids is 6. The number of nitriles is 1. The van der Waals surface area contributed by atoms with Crippen LogP contribution in [0, 0.1) is 76.4 Å². The molecule has 0 aliphatic carbocycles. The highest BCUT2D eigenvalue weighted by atomic mass is 127. The van der Waals surface area contributed by atoms with Crippen LogP contribution in [0.3, 0.4) is 0 Å². The van der Waals surface area contributed by atoms with Gasteiger partial charge in [-0.2, -0.15) is 20.2 Å². The number of aromatic nitrogens is 7. The van der Waals surface area contributed by atoms with Gasteiger partial charge < -0.3 is 51.2 Å². The van der Waals surface area contributed by atoms with Crippen molar-refractivity contribution in [3.8, 4) is 6.07 Å². The molecule has 0 bridgehead atoms. The number of ether oxygens (including phenoxy) is 5. The van der Waals surface area contributed by atoms with Gasteiger partial charge in [0.05, 0.1) is 14.6 Å². The standard InChI is InChI=1S/C13H22N2O4.C12H24N2O3.C12H23NO3.C12H21NO2.C12H22O4.C7H13N3O2.C3Cl3N3.CH3F.CH3I.CH4/c1-8(2)9(6-10-14-12(17)19-15-10)7-11(16)18-13(3,4)5;1-8(2)9(6-10(13)14-16)7-11(15)17-12(3,4)5;1-8(2)9(6-10(13)14)7-11(15)16-12(3,4)5;1-9(2)10(6-7-13)8-11(14)15-12(3,4)5;1-8(2)9(6-10(13)14)7-11(15)16-12(3,4)5;1-4(2)5(8)3-6-9-7(11)12-10-6;4-1-7-2(5)9-3(6)8-1;2*1-2;/h8-9H,6-7H2,1-5H3,(H,14,15,17);8-9,16H,6-7H2,1-5H3,(H2,13,14);8-9H,6-7H2,1-5H3,(H2,13,14);9-10H,6,8H2,1-5H3;8-9H,6-7H2,1-5H3,(H,13,14);4-5H,3,8H2,1-2H3,(H,9,10,11);;2*1H3;1H4/t3*9-;10-;9-;5-;;;;/m111110..../s1/i;;;;;;;2*1D;. The molecule has 3 aromatic heterocycles. The van der Waals surface area contributed by atoms with E-state index in [1.807, 2.05) is 189 Å². The SMILES string of the molecule is C.CC(C)[C@@H](CC(=O)OC(C)(C)C)CC(N)=NO.CC(C)[C@@H](CC(=O)OC(C)(C)C)Cc1noc(=O)[nH]1.CC(C)[C@@H](N)Cc1noc(=O)[nH]1.CC(C)[C@H](CC#N)CC(=O)OC(C)(C)C.CC(C)[C@H](CC(=O)O)CC(=O)OC(C)(C)C.CC(C)[C@H](CC(N)=O)CC(=O)OC(C)(C)C.Clc1nc(Cl)nc(Cl)n1.[2H]CF.[2H]CI. The predicted molar refractivity (Wildman–Crippen MR) is 431 cm³/mol. The maximum atomic E-state index is 11.8. The number of carboxylic acid groups (broad SMARTS) is 1. The average Bonchev–Trinajstić information content (AvgIpc) is 1.88. The Morgan fingerprint density at radius 2 is 0.780 bits per heavy atom. The highest BCUT2D eigenvalue weighted by Crippen LogP contribution is 2.26. The minimum Gasteiger partial charge on any atom is -0.481 e. The number of hydrogen-bond donors (Lipinski definition) is 7. The molecular weight excluding hydrogens is 1600 g/mol. The van der Waals surface area contributed by atoms with Crippen LogP contribution in [0.15, 0.2) is 23.8 Å². The molecule has 35 heteroatoms. The molecule has 0 unspecified atom stereocenters. The summed E-state index contributed by atoms with van der Waals surface area (Å²) in [7, 11) is -1.00. The van der Waals surface area contributed by atoms with E-state index < -0.39 is 52.6 Å². The molecule has 0 aliphatic rings. The molecular formula is C74H135Cl3FIN12O18. The molecule has 109 heavy (non-hydrogen) atoms. The first kappa shape index (κ1) is 111. The van der Waals surface area contributed by atoms with E-state index in [4.69, 9.17) is 94.0 Å². The van der Waals surface area contributed by atoms with Crippen LogP contribution in [0.4, 0.5) is 4.39 Å². The maximum absolute atomic E-state index is 11.8. The number of nitrogens with two attached hydrogens (primary N) is 3. The summed E-state index contributed by atoms with van der Waals surface area (Å²) in [6, 6.07) is 2.11. The Balaban J connectivity index is -0.000000226. The van der Waals surface area contributed by atoms with Crippen LogP contribution in [0.1, 0.15) is 267 Å². The molecule has 3 aromatic rings. The molecule has 0 saturated carbocycles. The first-order valence-corrected chi connectivity index (χ1v) is 37.8. The number of alkyl halides is 2. The lowest BCUT2D eigenvalue weighted by Crippen LogP contribution is -2.29. The van der Waals surface area contributed by atoms with Gasteiger partial charge in [0.15, 0.2) is 11.6 Å². The number of primary amides is 1. The van der Waals surface area contributed by atoms with E-state index in [0.29, 0.717) is 66.9 Å². The number of carbonyl (C=O) groups is 7. The second-order valence-corrected chi connectivity index (χ2v) is 33.0. The number of amides is 1. The zero-order chi connectivity index (χ0) is 87.6. The van der Waals surface area contributed by atoms with Gasteiger partial charge in [-0.25, -0.2) is 9.59 Å². The van der Waals surface area contributed by atoms with Crippen molar-refractivity contribution in [1.82, 2.24) is 35.2 Å². The zero-order valence-corrected chi connectivity index (χ0v) is 73.2. The Hall–Kier alpha value is -6.57. The van der Waals surface area contributed by atoms with Gasteiger partial charge in [0.25, 0.3) is 0 Å². The quantitative estimate of drug-likeness (QED) is 0.00545. The summed E-state index contributed by atoms with van der Waals surface area (Å²) in [6.45, 7) is 51.3. The summed E-state index contributed by atoms with van der Waals surface area (Å²) in [6.07, 6.45) is 3.42. The number of aromatic amines is 2. The van der Waals surface area contributed by atoms with Gasteiger partial charge in [0.2, 0.25) is 21.8 Å². The Morgan fingerprint density at radius 3 is 1.00 bits per heavy atom. The molecule has 0 radical (unpaired) electrons. The van der Waals surface area contributed by atoms with Crippen molar-refractivity contribution in [3.05, 3.63) is 48.6 Å². The molecule has 3 rings (SSSR count). The third-order valence-corrected chi connectivity index (χ3v) is 14.6. The molecule has 3 heterocycles. The van der Waals surface area contributed by atoms with Crippen LogP contribution in [0.2, 0.25) is 15.9 Å². The van der Waals surface area contributed by atoms with Crippen molar-refractivity contribution in [3.63, 3.8) is 0 Å². The van der Waals surface area contributed by atoms with Gasteiger partial charge >= 0.3 is 47.3 Å². The van der Waals surface area contributed by atoms with Gasteiger partial charge in [-0.1, -0.05) is 129 Å². The smallest absolute Gasteiger partial charge is 0.438 e. The number of halogens is 5. The summed E-state index contributed by atoms with van der Waals surface area (Å²) in [5.74, 6) is -0.904.